The summed E-state index contributed by atoms with van der Waals surface area (Å²) < 4.78 is 0. The molecule has 0 aromatic heterocycles. The number of nitrogens with zero attached hydrogens (tertiary/aromatic N) is 3. The van der Waals surface area contributed by atoms with Gasteiger partial charge >= 0.3 is 0 Å². The SMILES string of the molecule is CN(Cc1ccccc1)C1=NC[C@H]2CCCN12.I. The number of hydrogen-bond acceptors (Lipinski definition) is 3. The van der Waals surface area contributed by atoms with Crippen LogP contribution in [0.4, 0.5) is 0 Å². The van der Waals surface area contributed by atoms with Crippen LogP contribution >= 0.6 is 24.0 Å². The normalized spacial score (nSPS) is 21.3. The van der Waals surface area contributed by atoms with Crippen molar-refractivity contribution in [2.24, 2.45) is 4.99 Å². The second-order valence-corrected chi connectivity index (χ2v) is 4.97. The average molecular weight is 357 g/mol. The van der Waals surface area contributed by atoms with E-state index in [1.54, 1.807) is 0 Å². The smallest absolute Gasteiger partial charge is 0.197 e. The number of hydrogen-bond donors (Lipinski definition) is 0. The van der Waals surface area contributed by atoms with E-state index in [-0.39, 0.29) is 24.0 Å². The summed E-state index contributed by atoms with van der Waals surface area (Å²) in [5.74, 6) is 1.19. The second kappa shape index (κ2) is 5.91. The predicted octanol–water partition coefficient (Wildman–Crippen LogP) is 2.57. The Labute approximate surface area is 126 Å². The molecule has 2 aliphatic rings. The Morgan fingerprint density at radius 1 is 1.33 bits per heavy atom. The minimum atomic E-state index is 0. The van der Waals surface area contributed by atoms with Crippen molar-refractivity contribution in [1.29, 1.82) is 0 Å². The fraction of sp³-hybridized carbons (Fsp3) is 0.500. The van der Waals surface area contributed by atoms with Crippen molar-refractivity contribution in [3.63, 3.8) is 0 Å². The van der Waals surface area contributed by atoms with Gasteiger partial charge in [-0.15, -0.1) is 24.0 Å². The van der Waals surface area contributed by atoms with Crippen LogP contribution in [0.3, 0.4) is 0 Å². The van der Waals surface area contributed by atoms with Crippen molar-refractivity contribution in [3.05, 3.63) is 35.9 Å². The molecule has 18 heavy (non-hydrogen) atoms. The van der Waals surface area contributed by atoms with Gasteiger partial charge in [0.2, 0.25) is 0 Å². The lowest BCUT2D eigenvalue weighted by Gasteiger charge is -2.27. The zero-order valence-electron chi connectivity index (χ0n) is 10.7. The summed E-state index contributed by atoms with van der Waals surface area (Å²) >= 11 is 0. The summed E-state index contributed by atoms with van der Waals surface area (Å²) in [5, 5.41) is 0. The third-order valence-corrected chi connectivity index (χ3v) is 3.68. The molecule has 0 bridgehead atoms. The highest BCUT2D eigenvalue weighted by Crippen LogP contribution is 2.24. The molecule has 98 valence electrons. The highest BCUT2D eigenvalue weighted by atomic mass is 127. The highest BCUT2D eigenvalue weighted by Gasteiger charge is 2.33. The summed E-state index contributed by atoms with van der Waals surface area (Å²) in [5.41, 5.74) is 1.35. The molecule has 1 fully saturated rings. The third kappa shape index (κ3) is 2.63. The van der Waals surface area contributed by atoms with Crippen LogP contribution in [-0.2, 0) is 6.54 Å². The van der Waals surface area contributed by atoms with Crippen molar-refractivity contribution in [2.45, 2.75) is 25.4 Å². The molecule has 0 radical (unpaired) electrons. The summed E-state index contributed by atoms with van der Waals surface area (Å²) in [7, 11) is 2.15. The van der Waals surface area contributed by atoms with E-state index in [0.29, 0.717) is 6.04 Å². The van der Waals surface area contributed by atoms with Crippen molar-refractivity contribution in [2.75, 3.05) is 20.1 Å². The standard InChI is InChI=1S/C14H19N3.HI/c1-16(11-12-6-3-2-4-7-12)14-15-10-13-8-5-9-17(13)14;/h2-4,6-7,13H,5,8-11H2,1H3;1H/t13-;/m1./s1. The largest absolute Gasteiger partial charge is 0.342 e. The molecule has 1 saturated heterocycles. The lowest BCUT2D eigenvalue weighted by Crippen LogP contribution is -2.40. The van der Waals surface area contributed by atoms with E-state index in [4.69, 9.17) is 0 Å². The Balaban J connectivity index is 0.00000120. The lowest BCUT2D eigenvalue weighted by atomic mass is 10.2. The van der Waals surface area contributed by atoms with Crippen LogP contribution in [0, 0.1) is 0 Å². The Morgan fingerprint density at radius 3 is 2.89 bits per heavy atom. The maximum Gasteiger partial charge on any atom is 0.197 e. The molecule has 0 N–H and O–H groups in total. The zero-order valence-corrected chi connectivity index (χ0v) is 13.1. The van der Waals surface area contributed by atoms with Crippen molar-refractivity contribution >= 4 is 29.9 Å². The first-order valence-electron chi connectivity index (χ1n) is 6.41. The van der Waals surface area contributed by atoms with E-state index in [0.717, 1.165) is 13.1 Å². The molecule has 0 spiro atoms. The van der Waals surface area contributed by atoms with E-state index in [2.05, 4.69) is 52.2 Å². The fourth-order valence-corrected chi connectivity index (χ4v) is 2.83. The van der Waals surface area contributed by atoms with Crippen LogP contribution in [-0.4, -0.2) is 41.9 Å². The van der Waals surface area contributed by atoms with Gasteiger partial charge in [0.1, 0.15) is 0 Å². The number of aliphatic imine (C=N–C) groups is 1. The van der Waals surface area contributed by atoms with Gasteiger partial charge in [-0.05, 0) is 18.4 Å². The molecule has 1 aromatic carbocycles. The van der Waals surface area contributed by atoms with Gasteiger partial charge in [-0.2, -0.15) is 0 Å². The Bertz CT molecular complexity index is 418. The molecule has 3 rings (SSSR count). The molecule has 3 nitrogen and oxygen atoms in total. The molecule has 0 aliphatic carbocycles. The van der Waals surface area contributed by atoms with Crippen LogP contribution in [0.2, 0.25) is 0 Å². The molecule has 0 unspecified atom stereocenters. The number of halogens is 1. The van der Waals surface area contributed by atoms with Crippen molar-refractivity contribution in [1.82, 2.24) is 9.80 Å². The Morgan fingerprint density at radius 2 is 2.11 bits per heavy atom. The van der Waals surface area contributed by atoms with Gasteiger partial charge in [-0.1, -0.05) is 30.3 Å². The van der Waals surface area contributed by atoms with Gasteiger partial charge in [-0.25, -0.2) is 0 Å². The van der Waals surface area contributed by atoms with E-state index < -0.39 is 0 Å². The first-order chi connectivity index (χ1) is 8.34. The Kier molecular flexibility index (Phi) is 4.48. The maximum atomic E-state index is 4.68. The first-order valence-corrected chi connectivity index (χ1v) is 6.41. The van der Waals surface area contributed by atoms with Gasteiger partial charge in [-0.3, -0.25) is 4.99 Å². The lowest BCUT2D eigenvalue weighted by molar-refractivity contribution is 0.359. The number of fused-ring (bicyclic) bond motifs is 1. The molecular formula is C14H20IN3. The maximum absolute atomic E-state index is 4.68. The monoisotopic (exact) mass is 357 g/mol. The van der Waals surface area contributed by atoms with Gasteiger partial charge in [0.15, 0.2) is 5.96 Å². The third-order valence-electron chi connectivity index (χ3n) is 3.68. The van der Waals surface area contributed by atoms with Gasteiger partial charge < -0.3 is 9.80 Å². The molecule has 4 heteroatoms. The van der Waals surface area contributed by atoms with Crippen LogP contribution in [0.1, 0.15) is 18.4 Å². The van der Waals surface area contributed by atoms with E-state index in [9.17, 15) is 0 Å². The topological polar surface area (TPSA) is 18.8 Å². The van der Waals surface area contributed by atoms with Crippen LogP contribution in [0.25, 0.3) is 0 Å². The number of rotatable bonds is 2. The van der Waals surface area contributed by atoms with Crippen LogP contribution < -0.4 is 0 Å². The first kappa shape index (κ1) is 13.6. The van der Waals surface area contributed by atoms with Gasteiger partial charge in [0.25, 0.3) is 0 Å². The summed E-state index contributed by atoms with van der Waals surface area (Å²) in [6.07, 6.45) is 2.63. The molecule has 0 saturated carbocycles. The molecule has 1 aromatic rings. The van der Waals surface area contributed by atoms with E-state index in [1.165, 1.54) is 30.9 Å². The highest BCUT2D eigenvalue weighted by molar-refractivity contribution is 14.0. The molecule has 2 aliphatic heterocycles. The second-order valence-electron chi connectivity index (χ2n) is 4.97. The predicted molar refractivity (Wildman–Crippen MR) is 85.4 cm³/mol. The van der Waals surface area contributed by atoms with Crippen LogP contribution in [0.15, 0.2) is 35.3 Å². The van der Waals surface area contributed by atoms with Gasteiger partial charge in [0, 0.05) is 20.1 Å². The summed E-state index contributed by atoms with van der Waals surface area (Å²) in [6.45, 7) is 3.12. The van der Waals surface area contributed by atoms with Crippen LogP contribution in [0.5, 0.6) is 0 Å². The fourth-order valence-electron chi connectivity index (χ4n) is 2.83. The van der Waals surface area contributed by atoms with Crippen molar-refractivity contribution < 1.29 is 0 Å². The number of guanidine groups is 1. The van der Waals surface area contributed by atoms with E-state index in [1.807, 2.05) is 0 Å². The molecular weight excluding hydrogens is 337 g/mol. The number of benzene rings is 1. The van der Waals surface area contributed by atoms with Crippen molar-refractivity contribution in [3.8, 4) is 0 Å². The zero-order chi connectivity index (χ0) is 11.7. The summed E-state index contributed by atoms with van der Waals surface area (Å²) in [6, 6.07) is 11.3. The molecule has 1 atom stereocenters. The summed E-state index contributed by atoms with van der Waals surface area (Å²) in [4.78, 5) is 9.44. The molecule has 0 amide bonds. The quantitative estimate of drug-likeness (QED) is 0.758. The minimum Gasteiger partial charge on any atom is -0.342 e. The Hall–Kier alpha value is -0.780. The van der Waals surface area contributed by atoms with Gasteiger partial charge in [0.05, 0.1) is 12.6 Å². The van der Waals surface area contributed by atoms with E-state index >= 15 is 0 Å². The molecule has 2 heterocycles. The minimum absolute atomic E-state index is 0. The average Bonchev–Trinajstić information content (AvgIpc) is 2.91.